The molecule has 5 nitrogen and oxygen atoms in total. The van der Waals surface area contributed by atoms with E-state index < -0.39 is 0 Å². The minimum atomic E-state index is -0.323. The first kappa shape index (κ1) is 14.2. The van der Waals surface area contributed by atoms with E-state index in [1.165, 1.54) is 23.1 Å². The molecule has 1 rings (SSSR count). The van der Waals surface area contributed by atoms with E-state index in [2.05, 4.69) is 0 Å². The van der Waals surface area contributed by atoms with E-state index in [4.69, 9.17) is 18.0 Å². The Bertz CT molecular complexity index is 476. The van der Waals surface area contributed by atoms with Gasteiger partial charge in [0.2, 0.25) is 0 Å². The molecule has 18 heavy (non-hydrogen) atoms. The molecule has 0 fully saturated rings. The molecule has 0 aliphatic carbocycles. The number of phenolic OH excluding ortho intramolecular Hbond substituents is 2. The quantitative estimate of drug-likeness (QED) is 0.565. The Balaban J connectivity index is 2.86. The van der Waals surface area contributed by atoms with Crippen LogP contribution in [0.1, 0.15) is 23.7 Å². The smallest absolute Gasteiger partial charge is 0.253 e. The number of benzene rings is 1. The molecule has 0 heterocycles. The number of nitrogens with two attached hydrogens (primary N) is 1. The largest absolute Gasteiger partial charge is 0.504 e. The standard InChI is InChI=1S/C12H16N2O3S/c1-7(5-11(13)18)14(2)12(17)8-3-4-9(15)10(16)6-8/h3-4,6-7,15-16H,5H2,1-2H3,(H2,13,18). The van der Waals surface area contributed by atoms with Crippen LogP contribution in [0.3, 0.4) is 0 Å². The summed E-state index contributed by atoms with van der Waals surface area (Å²) in [4.78, 5) is 13.9. The van der Waals surface area contributed by atoms with E-state index in [9.17, 15) is 15.0 Å². The van der Waals surface area contributed by atoms with Crippen LogP contribution in [0.2, 0.25) is 0 Å². The van der Waals surface area contributed by atoms with Gasteiger partial charge in [-0.05, 0) is 25.1 Å². The molecule has 0 aliphatic rings. The zero-order valence-corrected chi connectivity index (χ0v) is 11.1. The molecule has 1 atom stereocenters. The third-order valence-electron chi connectivity index (χ3n) is 2.70. The number of rotatable bonds is 4. The molecular formula is C12H16N2O3S. The molecule has 0 radical (unpaired) electrons. The van der Waals surface area contributed by atoms with E-state index >= 15 is 0 Å². The van der Waals surface area contributed by atoms with E-state index in [0.29, 0.717) is 17.0 Å². The highest BCUT2D eigenvalue weighted by Crippen LogP contribution is 2.25. The van der Waals surface area contributed by atoms with Gasteiger partial charge in [-0.25, -0.2) is 0 Å². The zero-order valence-electron chi connectivity index (χ0n) is 10.3. The molecule has 1 aromatic carbocycles. The highest BCUT2D eigenvalue weighted by Gasteiger charge is 2.18. The number of hydrogen-bond acceptors (Lipinski definition) is 4. The lowest BCUT2D eigenvalue weighted by Crippen LogP contribution is -2.37. The van der Waals surface area contributed by atoms with Gasteiger partial charge in [0.15, 0.2) is 11.5 Å². The van der Waals surface area contributed by atoms with Crippen molar-refractivity contribution >= 4 is 23.1 Å². The summed E-state index contributed by atoms with van der Waals surface area (Å²) in [6.45, 7) is 1.83. The van der Waals surface area contributed by atoms with Crippen molar-refractivity contribution in [3.05, 3.63) is 23.8 Å². The maximum absolute atomic E-state index is 12.1. The third-order valence-corrected chi connectivity index (χ3v) is 2.87. The second-order valence-electron chi connectivity index (χ2n) is 4.14. The van der Waals surface area contributed by atoms with Gasteiger partial charge in [0.05, 0.1) is 4.99 Å². The maximum Gasteiger partial charge on any atom is 0.253 e. The fourth-order valence-electron chi connectivity index (χ4n) is 1.49. The predicted octanol–water partition coefficient (Wildman–Crippen LogP) is 1.23. The Kier molecular flexibility index (Phi) is 4.49. The lowest BCUT2D eigenvalue weighted by molar-refractivity contribution is 0.0747. The topological polar surface area (TPSA) is 86.8 Å². The zero-order chi connectivity index (χ0) is 13.9. The number of aromatic hydroxyl groups is 2. The van der Waals surface area contributed by atoms with E-state index in [1.54, 1.807) is 7.05 Å². The first-order chi connectivity index (χ1) is 8.32. The SMILES string of the molecule is CC(CC(N)=S)N(C)C(=O)c1ccc(O)c(O)c1. The van der Waals surface area contributed by atoms with Crippen LogP contribution in [0.5, 0.6) is 11.5 Å². The van der Waals surface area contributed by atoms with Crippen LogP contribution in [0.15, 0.2) is 18.2 Å². The molecule has 0 saturated heterocycles. The van der Waals surface area contributed by atoms with Crippen molar-refractivity contribution in [1.29, 1.82) is 0 Å². The van der Waals surface area contributed by atoms with Crippen LogP contribution in [0.25, 0.3) is 0 Å². The van der Waals surface area contributed by atoms with Crippen molar-refractivity contribution in [2.75, 3.05) is 7.05 Å². The lowest BCUT2D eigenvalue weighted by atomic mass is 10.1. The molecule has 98 valence electrons. The minimum Gasteiger partial charge on any atom is -0.504 e. The Labute approximate surface area is 111 Å². The Hall–Kier alpha value is -1.82. The number of nitrogens with zero attached hydrogens (tertiary/aromatic N) is 1. The average Bonchev–Trinajstić information content (AvgIpc) is 2.30. The van der Waals surface area contributed by atoms with Crippen LogP contribution in [0.4, 0.5) is 0 Å². The number of carbonyl (C=O) groups is 1. The van der Waals surface area contributed by atoms with Crippen molar-refractivity contribution in [3.8, 4) is 11.5 Å². The van der Waals surface area contributed by atoms with Crippen LogP contribution in [-0.2, 0) is 0 Å². The second kappa shape index (κ2) is 5.68. The highest BCUT2D eigenvalue weighted by atomic mass is 32.1. The average molecular weight is 268 g/mol. The lowest BCUT2D eigenvalue weighted by Gasteiger charge is -2.24. The summed E-state index contributed by atoms with van der Waals surface area (Å²) in [5.41, 5.74) is 5.73. The van der Waals surface area contributed by atoms with Gasteiger partial charge in [0, 0.05) is 25.1 Å². The van der Waals surface area contributed by atoms with Gasteiger partial charge in [-0.2, -0.15) is 0 Å². The van der Waals surface area contributed by atoms with Crippen LogP contribution in [-0.4, -0.2) is 39.1 Å². The Morgan fingerprint density at radius 2 is 2.06 bits per heavy atom. The molecule has 1 unspecified atom stereocenters. The van der Waals surface area contributed by atoms with Gasteiger partial charge in [-0.1, -0.05) is 12.2 Å². The van der Waals surface area contributed by atoms with Gasteiger partial charge >= 0.3 is 0 Å². The summed E-state index contributed by atoms with van der Waals surface area (Å²) < 4.78 is 0. The van der Waals surface area contributed by atoms with Gasteiger partial charge in [-0.15, -0.1) is 0 Å². The molecule has 4 N–H and O–H groups in total. The normalized spacial score (nSPS) is 11.9. The third kappa shape index (κ3) is 3.33. The van der Waals surface area contributed by atoms with Gasteiger partial charge in [0.25, 0.3) is 5.91 Å². The molecule has 1 aromatic rings. The number of hydrogen-bond donors (Lipinski definition) is 3. The monoisotopic (exact) mass is 268 g/mol. The predicted molar refractivity (Wildman–Crippen MR) is 72.7 cm³/mol. The molecule has 6 heteroatoms. The van der Waals surface area contributed by atoms with Crippen molar-refractivity contribution in [2.24, 2.45) is 5.73 Å². The van der Waals surface area contributed by atoms with E-state index in [0.717, 1.165) is 0 Å². The van der Waals surface area contributed by atoms with E-state index in [-0.39, 0.29) is 23.4 Å². The van der Waals surface area contributed by atoms with E-state index in [1.807, 2.05) is 6.92 Å². The molecule has 0 aliphatic heterocycles. The molecule has 0 aromatic heterocycles. The van der Waals surface area contributed by atoms with Gasteiger partial charge in [0.1, 0.15) is 0 Å². The fourth-order valence-corrected chi connectivity index (χ4v) is 1.73. The van der Waals surface area contributed by atoms with Crippen molar-refractivity contribution < 1.29 is 15.0 Å². The first-order valence-electron chi connectivity index (χ1n) is 5.40. The summed E-state index contributed by atoms with van der Waals surface area (Å²) in [5.74, 6) is -0.851. The van der Waals surface area contributed by atoms with Crippen LogP contribution < -0.4 is 5.73 Å². The van der Waals surface area contributed by atoms with Crippen LogP contribution >= 0.6 is 12.2 Å². The van der Waals surface area contributed by atoms with Crippen LogP contribution in [0, 0.1) is 0 Å². The summed E-state index contributed by atoms with van der Waals surface area (Å²) in [7, 11) is 1.63. The second-order valence-corrected chi connectivity index (χ2v) is 4.66. The van der Waals surface area contributed by atoms with Crippen molar-refractivity contribution in [2.45, 2.75) is 19.4 Å². The molecular weight excluding hydrogens is 252 g/mol. The minimum absolute atomic E-state index is 0.133. The summed E-state index contributed by atoms with van der Waals surface area (Å²) >= 11 is 4.80. The highest BCUT2D eigenvalue weighted by molar-refractivity contribution is 7.80. The number of carbonyl (C=O) groups excluding carboxylic acids is 1. The number of phenols is 2. The summed E-state index contributed by atoms with van der Waals surface area (Å²) in [6.07, 6.45) is 0.432. The maximum atomic E-state index is 12.1. The Morgan fingerprint density at radius 3 is 2.56 bits per heavy atom. The molecule has 0 bridgehead atoms. The van der Waals surface area contributed by atoms with Crippen molar-refractivity contribution in [3.63, 3.8) is 0 Å². The van der Waals surface area contributed by atoms with Gasteiger partial charge in [-0.3, -0.25) is 4.79 Å². The number of amides is 1. The first-order valence-corrected chi connectivity index (χ1v) is 5.81. The number of thiocarbonyl (C=S) groups is 1. The molecule has 1 amide bonds. The van der Waals surface area contributed by atoms with Gasteiger partial charge < -0.3 is 20.8 Å². The summed E-state index contributed by atoms with van der Waals surface area (Å²) in [6, 6.07) is 3.81. The Morgan fingerprint density at radius 1 is 1.44 bits per heavy atom. The summed E-state index contributed by atoms with van der Waals surface area (Å²) in [5, 5.41) is 18.5. The molecule has 0 spiro atoms. The molecule has 0 saturated carbocycles. The fraction of sp³-hybridized carbons (Fsp3) is 0.333. The van der Waals surface area contributed by atoms with Crippen molar-refractivity contribution in [1.82, 2.24) is 4.90 Å².